The molecule has 0 aliphatic carbocycles. The largest absolute Gasteiger partial charge is 0.481 e. The molecule has 2 unspecified atom stereocenters. The number of nitrogens with zero attached hydrogens (tertiary/aromatic N) is 4. The molecule has 1 aliphatic heterocycles. The van der Waals surface area contributed by atoms with E-state index in [0.29, 0.717) is 25.8 Å². The first-order valence-corrected chi connectivity index (χ1v) is 24.7. The topological polar surface area (TPSA) is 251 Å². The van der Waals surface area contributed by atoms with Gasteiger partial charge in [-0.3, -0.25) is 38.4 Å². The van der Waals surface area contributed by atoms with E-state index >= 15 is 0 Å². The molecule has 0 bridgehead atoms. The van der Waals surface area contributed by atoms with E-state index in [1.807, 2.05) is 44.2 Å². The predicted octanol–water partition coefficient (Wildman–Crippen LogP) is 2.65. The van der Waals surface area contributed by atoms with Crippen LogP contribution in [0, 0.1) is 23.7 Å². The number of hydrogen-bond acceptors (Lipinski definition) is 12. The normalized spacial score (nSPS) is 17.4. The van der Waals surface area contributed by atoms with Crippen LogP contribution in [0.5, 0.6) is 0 Å². The number of carbonyl (C=O) groups excluding carboxylic acids is 8. The van der Waals surface area contributed by atoms with Crippen molar-refractivity contribution < 1.29 is 62.5 Å². The van der Waals surface area contributed by atoms with Crippen molar-refractivity contribution >= 4 is 53.3 Å². The summed E-state index contributed by atoms with van der Waals surface area (Å²) in [5.74, 6) is -6.67. The van der Waals surface area contributed by atoms with Crippen LogP contribution in [0.25, 0.3) is 0 Å². The molecular formula is C51H83N7O13. The number of carboxylic acid groups (broad SMARTS) is 1. The van der Waals surface area contributed by atoms with Crippen molar-refractivity contribution in [3.05, 3.63) is 35.9 Å². The van der Waals surface area contributed by atoms with Gasteiger partial charge < -0.3 is 54.9 Å². The maximum Gasteiger partial charge on any atom is 0.328 e. The van der Waals surface area contributed by atoms with Gasteiger partial charge in [0, 0.05) is 67.7 Å². The van der Waals surface area contributed by atoms with Crippen LogP contribution in [0.15, 0.2) is 30.3 Å². The Kier molecular flexibility index (Phi) is 25.7. The summed E-state index contributed by atoms with van der Waals surface area (Å²) >= 11 is 0. The molecule has 400 valence electrons. The van der Waals surface area contributed by atoms with Crippen molar-refractivity contribution in [3.8, 4) is 0 Å². The number of amides is 7. The number of nitrogens with one attached hydrogen (secondary N) is 3. The average molecular weight is 1000 g/mol. The van der Waals surface area contributed by atoms with Gasteiger partial charge in [0.1, 0.15) is 24.2 Å². The third-order valence-corrected chi connectivity index (χ3v) is 13.6. The van der Waals surface area contributed by atoms with Crippen LogP contribution in [0.2, 0.25) is 0 Å². The Hall–Kier alpha value is -5.63. The fourth-order valence-electron chi connectivity index (χ4n) is 9.40. The third kappa shape index (κ3) is 17.9. The number of aliphatic carboxylic acids is 1. The third-order valence-electron chi connectivity index (χ3n) is 13.6. The van der Waals surface area contributed by atoms with Crippen LogP contribution >= 0.6 is 0 Å². The van der Waals surface area contributed by atoms with Crippen LogP contribution < -0.4 is 16.0 Å². The Morgan fingerprint density at radius 3 is 1.93 bits per heavy atom. The number of methoxy groups -OCH3 is 3. The van der Waals surface area contributed by atoms with Gasteiger partial charge in [-0.1, -0.05) is 85.2 Å². The van der Waals surface area contributed by atoms with Crippen LogP contribution in [-0.4, -0.2) is 182 Å². The lowest BCUT2D eigenvalue weighted by molar-refractivity contribution is -0.149. The van der Waals surface area contributed by atoms with Crippen LogP contribution in [0.4, 0.5) is 0 Å². The van der Waals surface area contributed by atoms with Crippen LogP contribution in [0.3, 0.4) is 0 Å². The second kappa shape index (κ2) is 29.7. The Bertz CT molecular complexity index is 1950. The number of carbonyl (C=O) groups is 9. The zero-order valence-corrected chi connectivity index (χ0v) is 44.5. The van der Waals surface area contributed by atoms with Crippen molar-refractivity contribution in [3.63, 3.8) is 0 Å². The highest BCUT2D eigenvalue weighted by molar-refractivity contribution is 5.94. The molecule has 1 aromatic rings. The minimum atomic E-state index is -1.09. The highest BCUT2D eigenvalue weighted by Gasteiger charge is 2.44. The van der Waals surface area contributed by atoms with Crippen LogP contribution in [-0.2, 0) is 63.8 Å². The molecule has 0 spiro atoms. The van der Waals surface area contributed by atoms with Crippen molar-refractivity contribution in [2.75, 3.05) is 55.1 Å². The Morgan fingerprint density at radius 2 is 1.41 bits per heavy atom. The van der Waals surface area contributed by atoms with E-state index in [2.05, 4.69) is 16.0 Å². The number of esters is 1. The number of benzene rings is 1. The molecule has 4 N–H and O–H groups in total. The van der Waals surface area contributed by atoms with Crippen molar-refractivity contribution in [2.24, 2.45) is 23.7 Å². The maximum absolute atomic E-state index is 14.7. The summed E-state index contributed by atoms with van der Waals surface area (Å²) in [4.78, 5) is 125. The van der Waals surface area contributed by atoms with Gasteiger partial charge in [0.05, 0.1) is 50.2 Å². The van der Waals surface area contributed by atoms with Gasteiger partial charge in [-0.15, -0.1) is 0 Å². The number of likely N-dealkylation sites (tertiary alicyclic amines) is 1. The molecule has 7 amide bonds. The fraction of sp³-hybridized carbons (Fsp3) is 0.706. The second-order valence-corrected chi connectivity index (χ2v) is 19.4. The molecule has 1 aliphatic rings. The number of likely N-dealkylation sites (N-methyl/N-ethyl adjacent to an activating group) is 2. The molecule has 20 heteroatoms. The van der Waals surface area contributed by atoms with Gasteiger partial charge in [0.15, 0.2) is 0 Å². The summed E-state index contributed by atoms with van der Waals surface area (Å²) in [6.45, 7) is 15.7. The average Bonchev–Trinajstić information content (AvgIpc) is 3.81. The first-order chi connectivity index (χ1) is 33.4. The summed E-state index contributed by atoms with van der Waals surface area (Å²) in [6.07, 6.45) is -0.00263. The monoisotopic (exact) mass is 1000 g/mol. The second-order valence-electron chi connectivity index (χ2n) is 19.4. The highest BCUT2D eigenvalue weighted by Crippen LogP contribution is 2.30. The van der Waals surface area contributed by atoms with Gasteiger partial charge in [-0.25, -0.2) is 4.79 Å². The van der Waals surface area contributed by atoms with Crippen molar-refractivity contribution in [1.29, 1.82) is 0 Å². The molecule has 10 atom stereocenters. The smallest absolute Gasteiger partial charge is 0.328 e. The summed E-state index contributed by atoms with van der Waals surface area (Å²) in [7, 11) is 7.30. The van der Waals surface area contributed by atoms with E-state index in [4.69, 9.17) is 19.3 Å². The van der Waals surface area contributed by atoms with E-state index in [0.717, 1.165) is 5.56 Å². The van der Waals surface area contributed by atoms with Gasteiger partial charge in [0.2, 0.25) is 41.4 Å². The van der Waals surface area contributed by atoms with Crippen molar-refractivity contribution in [2.45, 2.75) is 156 Å². The maximum atomic E-state index is 14.7. The van der Waals surface area contributed by atoms with Gasteiger partial charge in [0.25, 0.3) is 0 Å². The SMILES string of the molecule is CC[C@H](C)C([C@@H](CC(=O)N1CCC[C@H]1[C@H](OC)[C@@H](C)C(=O)N[C@@H](Cc1ccccc1)C(=O)OC)OC)N(C)C(=O)[C@@H](NC(=O)[C@@H](C(C)C)N(C)C(=O)C(C)NC(=O)CCN(CCC(=O)O)C(C)=O)C(C)C. The number of rotatable bonds is 29. The summed E-state index contributed by atoms with van der Waals surface area (Å²) in [6, 6.07) is 4.04. The molecule has 20 nitrogen and oxygen atoms in total. The first-order valence-electron chi connectivity index (χ1n) is 24.7. The Balaban J connectivity index is 2.27. The molecule has 0 radical (unpaired) electrons. The lowest BCUT2D eigenvalue weighted by atomic mass is 9.89. The molecule has 1 heterocycles. The van der Waals surface area contributed by atoms with E-state index < -0.39 is 114 Å². The molecule has 0 saturated carbocycles. The molecule has 1 fully saturated rings. The van der Waals surface area contributed by atoms with Gasteiger partial charge in [-0.2, -0.15) is 0 Å². The van der Waals surface area contributed by atoms with Gasteiger partial charge in [-0.05, 0) is 43.1 Å². The number of hydrogen-bond donors (Lipinski definition) is 4. The Labute approximate surface area is 420 Å². The zero-order valence-electron chi connectivity index (χ0n) is 44.5. The molecule has 1 aromatic carbocycles. The lowest BCUT2D eigenvalue weighted by Gasteiger charge is -2.41. The lowest BCUT2D eigenvalue weighted by Crippen LogP contribution is -2.61. The minimum Gasteiger partial charge on any atom is -0.481 e. The molecule has 1 saturated heterocycles. The fourth-order valence-corrected chi connectivity index (χ4v) is 9.40. The number of carboxylic acids is 1. The van der Waals surface area contributed by atoms with E-state index in [9.17, 15) is 43.2 Å². The summed E-state index contributed by atoms with van der Waals surface area (Å²) < 4.78 is 17.0. The minimum absolute atomic E-state index is 0.0480. The summed E-state index contributed by atoms with van der Waals surface area (Å²) in [5.41, 5.74) is 0.839. The van der Waals surface area contributed by atoms with Gasteiger partial charge >= 0.3 is 11.9 Å². The Morgan fingerprint density at radius 1 is 0.789 bits per heavy atom. The quantitative estimate of drug-likeness (QED) is 0.0845. The molecule has 71 heavy (non-hydrogen) atoms. The molecule has 0 aromatic heterocycles. The zero-order chi connectivity index (χ0) is 53.9. The predicted molar refractivity (Wildman–Crippen MR) is 265 cm³/mol. The van der Waals surface area contributed by atoms with E-state index in [-0.39, 0.29) is 50.6 Å². The summed E-state index contributed by atoms with van der Waals surface area (Å²) in [5, 5.41) is 17.4. The van der Waals surface area contributed by atoms with Crippen LogP contribution in [0.1, 0.15) is 106 Å². The number of ether oxygens (including phenoxy) is 3. The van der Waals surface area contributed by atoms with E-state index in [1.165, 1.54) is 56.9 Å². The van der Waals surface area contributed by atoms with Crippen molar-refractivity contribution in [1.82, 2.24) is 35.6 Å². The van der Waals surface area contributed by atoms with E-state index in [1.54, 1.807) is 46.6 Å². The standard InChI is InChI=1S/C51H83N7O13/c1-15-32(6)45(39(69-12)29-41(61)58-25-19-22-38(58)46(70-13)33(7)47(64)53-37(51(68)71-14)28-36-20-17-16-18-21-36)56(11)50(67)43(30(2)3)54-48(65)44(31(4)5)55(10)49(66)34(8)52-40(60)23-26-57(35(9)59)27-24-42(62)63/h16-18,20-21,30-34,37-39,43-46H,15,19,22-29H2,1-14H3,(H,52,60)(H,53,64)(H,54,65)(H,62,63)/t32-,33+,34?,37-,38-,39+,43-,44+,45?,46+/m0/s1. The molecular weight excluding hydrogens is 919 g/mol. The first kappa shape index (κ1) is 61.5. The highest BCUT2D eigenvalue weighted by atomic mass is 16.5. The molecule has 2 rings (SSSR count).